The van der Waals surface area contributed by atoms with E-state index in [1.807, 2.05) is 62.6 Å². The molecule has 3 rings (SSSR count). The molecule has 24 heavy (non-hydrogen) atoms. The van der Waals surface area contributed by atoms with Crippen LogP contribution < -0.4 is 9.46 Å². The normalized spacial score (nSPS) is 15.3. The highest BCUT2D eigenvalue weighted by molar-refractivity contribution is 7.99. The van der Waals surface area contributed by atoms with Crippen LogP contribution in [-0.4, -0.2) is 11.9 Å². The van der Waals surface area contributed by atoms with Crippen LogP contribution in [0, 0.1) is 11.3 Å². The van der Waals surface area contributed by atoms with E-state index in [0.717, 1.165) is 28.1 Å². The van der Waals surface area contributed by atoms with Crippen LogP contribution in [0.2, 0.25) is 5.02 Å². The fourth-order valence-electron chi connectivity index (χ4n) is 2.86. The summed E-state index contributed by atoms with van der Waals surface area (Å²) in [6.45, 7) is 3.83. The van der Waals surface area contributed by atoms with Gasteiger partial charge in [0.25, 0.3) is 0 Å². The summed E-state index contributed by atoms with van der Waals surface area (Å²) >= 11 is 7.54. The Morgan fingerprint density at radius 2 is 1.88 bits per heavy atom. The lowest BCUT2D eigenvalue weighted by Crippen LogP contribution is -2.34. The lowest BCUT2D eigenvalue weighted by atomic mass is 9.83. The molecule has 0 spiro atoms. The molecular weight excluding hydrogens is 340 g/mol. The minimum atomic E-state index is -0.700. The standard InChI is InChI=1S/C19H17ClN2OS/c1-19(2)16(11-21)18(12-4-6-13(20)7-5-12)15-9-8-14(22-24-3)10-17(15)23-19/h4-10,22H,1-3H3. The zero-order valence-corrected chi connectivity index (χ0v) is 15.3. The zero-order valence-electron chi connectivity index (χ0n) is 13.7. The van der Waals surface area contributed by atoms with Crippen molar-refractivity contribution in [2.45, 2.75) is 19.4 Å². The summed E-state index contributed by atoms with van der Waals surface area (Å²) < 4.78 is 9.34. The van der Waals surface area contributed by atoms with E-state index in [0.29, 0.717) is 10.6 Å². The molecule has 0 unspecified atom stereocenters. The average Bonchev–Trinajstić information content (AvgIpc) is 2.54. The van der Waals surface area contributed by atoms with Gasteiger partial charge in [-0.15, -0.1) is 0 Å². The number of nitrogens with one attached hydrogen (secondary N) is 1. The van der Waals surface area contributed by atoms with Crippen LogP contribution in [-0.2, 0) is 0 Å². The number of ether oxygens (including phenoxy) is 1. The predicted molar refractivity (Wildman–Crippen MR) is 101 cm³/mol. The summed E-state index contributed by atoms with van der Waals surface area (Å²) in [7, 11) is 0. The molecule has 3 nitrogen and oxygen atoms in total. The molecule has 0 atom stereocenters. The highest BCUT2D eigenvalue weighted by Gasteiger charge is 2.36. The van der Waals surface area contributed by atoms with Gasteiger partial charge in [0.15, 0.2) is 0 Å². The summed E-state index contributed by atoms with van der Waals surface area (Å²) in [5.74, 6) is 0.767. The van der Waals surface area contributed by atoms with Crippen molar-refractivity contribution >= 4 is 34.8 Å². The monoisotopic (exact) mass is 356 g/mol. The smallest absolute Gasteiger partial charge is 0.139 e. The number of nitriles is 1. The van der Waals surface area contributed by atoms with E-state index in [2.05, 4.69) is 10.8 Å². The molecule has 1 aliphatic heterocycles. The van der Waals surface area contributed by atoms with Crippen LogP contribution in [0.5, 0.6) is 5.75 Å². The lowest BCUT2D eigenvalue weighted by molar-refractivity contribution is 0.149. The van der Waals surface area contributed by atoms with Gasteiger partial charge in [-0.1, -0.05) is 35.7 Å². The second-order valence-electron chi connectivity index (χ2n) is 6.00. The molecule has 0 bridgehead atoms. The van der Waals surface area contributed by atoms with Crippen LogP contribution in [0.3, 0.4) is 0 Å². The minimum Gasteiger partial charge on any atom is -0.482 e. The third-order valence-electron chi connectivity index (χ3n) is 3.93. The molecule has 0 aliphatic carbocycles. The Hall–Kier alpha value is -2.09. The molecule has 2 aromatic rings. The molecule has 0 radical (unpaired) electrons. The van der Waals surface area contributed by atoms with Gasteiger partial charge >= 0.3 is 0 Å². The number of hydrogen-bond acceptors (Lipinski definition) is 4. The van der Waals surface area contributed by atoms with Crippen LogP contribution in [0.15, 0.2) is 48.0 Å². The predicted octanol–water partition coefficient (Wildman–Crippen LogP) is 5.53. The number of anilines is 1. The number of nitrogens with zero attached hydrogens (tertiary/aromatic N) is 1. The van der Waals surface area contributed by atoms with E-state index in [9.17, 15) is 5.26 Å². The van der Waals surface area contributed by atoms with Gasteiger partial charge < -0.3 is 9.46 Å². The van der Waals surface area contributed by atoms with Gasteiger partial charge in [0.2, 0.25) is 0 Å². The number of hydrogen-bond donors (Lipinski definition) is 1. The maximum absolute atomic E-state index is 9.75. The second-order valence-corrected chi connectivity index (χ2v) is 7.05. The fourth-order valence-corrected chi connectivity index (χ4v) is 3.35. The Kier molecular flexibility index (Phi) is 4.49. The van der Waals surface area contributed by atoms with E-state index in [-0.39, 0.29) is 0 Å². The molecule has 0 saturated heterocycles. The van der Waals surface area contributed by atoms with Gasteiger partial charge in [-0.05, 0) is 43.7 Å². The van der Waals surface area contributed by atoms with Crippen LogP contribution >= 0.6 is 23.5 Å². The molecule has 5 heteroatoms. The van der Waals surface area contributed by atoms with E-state index in [1.165, 1.54) is 11.9 Å². The van der Waals surface area contributed by atoms with Crippen molar-refractivity contribution in [3.05, 3.63) is 64.2 Å². The number of benzene rings is 2. The highest BCUT2D eigenvalue weighted by Crippen LogP contribution is 2.44. The Morgan fingerprint density at radius 1 is 1.17 bits per heavy atom. The van der Waals surface area contributed by atoms with Crippen molar-refractivity contribution in [2.24, 2.45) is 0 Å². The molecule has 1 heterocycles. The van der Waals surface area contributed by atoms with Gasteiger partial charge in [0, 0.05) is 34.2 Å². The second kappa shape index (κ2) is 6.43. The Balaban J connectivity index is 2.24. The van der Waals surface area contributed by atoms with Crippen molar-refractivity contribution < 1.29 is 4.74 Å². The van der Waals surface area contributed by atoms with Crippen molar-refractivity contribution in [3.63, 3.8) is 0 Å². The summed E-state index contributed by atoms with van der Waals surface area (Å²) in [6.07, 6.45) is 1.97. The minimum absolute atomic E-state index is 0.614. The third-order valence-corrected chi connectivity index (χ3v) is 4.62. The van der Waals surface area contributed by atoms with E-state index in [1.54, 1.807) is 0 Å². The molecule has 0 aromatic heterocycles. The van der Waals surface area contributed by atoms with Crippen molar-refractivity contribution in [1.29, 1.82) is 5.26 Å². The van der Waals surface area contributed by atoms with Gasteiger partial charge in [0.1, 0.15) is 11.4 Å². The molecule has 0 fully saturated rings. The maximum Gasteiger partial charge on any atom is 0.139 e. The first-order valence-corrected chi connectivity index (χ1v) is 9.10. The molecule has 2 aromatic carbocycles. The molecule has 0 amide bonds. The van der Waals surface area contributed by atoms with Gasteiger partial charge in [0.05, 0.1) is 11.6 Å². The lowest BCUT2D eigenvalue weighted by Gasteiger charge is -2.34. The average molecular weight is 357 g/mol. The summed E-state index contributed by atoms with van der Waals surface area (Å²) in [5.41, 5.74) is 3.65. The Bertz CT molecular complexity index is 851. The molecular formula is C19H17ClN2OS. The SMILES string of the molecule is CSNc1ccc2c(c1)OC(C)(C)C(C#N)=C2c1ccc(Cl)cc1. The van der Waals surface area contributed by atoms with Gasteiger partial charge in [-0.3, -0.25) is 0 Å². The first kappa shape index (κ1) is 16.8. The zero-order chi connectivity index (χ0) is 17.3. The largest absolute Gasteiger partial charge is 0.482 e. The van der Waals surface area contributed by atoms with Crippen molar-refractivity contribution in [1.82, 2.24) is 0 Å². The topological polar surface area (TPSA) is 45.0 Å². The molecule has 1 aliphatic rings. The van der Waals surface area contributed by atoms with Crippen molar-refractivity contribution in [3.8, 4) is 11.8 Å². The fraction of sp³-hybridized carbons (Fsp3) is 0.211. The number of halogens is 1. The first-order chi connectivity index (χ1) is 11.5. The van der Waals surface area contributed by atoms with E-state index >= 15 is 0 Å². The number of rotatable bonds is 3. The number of fused-ring (bicyclic) bond motifs is 1. The Morgan fingerprint density at radius 3 is 2.50 bits per heavy atom. The van der Waals surface area contributed by atoms with Crippen LogP contribution in [0.25, 0.3) is 5.57 Å². The van der Waals surface area contributed by atoms with Gasteiger partial charge in [-0.2, -0.15) is 5.26 Å². The maximum atomic E-state index is 9.75. The quantitative estimate of drug-likeness (QED) is 0.735. The van der Waals surface area contributed by atoms with Crippen molar-refractivity contribution in [2.75, 3.05) is 11.0 Å². The van der Waals surface area contributed by atoms with Crippen LogP contribution in [0.4, 0.5) is 5.69 Å². The summed E-state index contributed by atoms with van der Waals surface area (Å²) in [4.78, 5) is 0. The van der Waals surface area contributed by atoms with E-state index < -0.39 is 5.60 Å². The molecule has 0 saturated carbocycles. The summed E-state index contributed by atoms with van der Waals surface area (Å²) in [5, 5.41) is 10.4. The van der Waals surface area contributed by atoms with Gasteiger partial charge in [-0.25, -0.2) is 0 Å². The first-order valence-electron chi connectivity index (χ1n) is 7.49. The van der Waals surface area contributed by atoms with E-state index in [4.69, 9.17) is 16.3 Å². The summed E-state index contributed by atoms with van der Waals surface area (Å²) in [6, 6.07) is 15.8. The molecule has 122 valence electrons. The van der Waals surface area contributed by atoms with Crippen LogP contribution in [0.1, 0.15) is 25.0 Å². The Labute approximate surface area is 151 Å². The third kappa shape index (κ3) is 2.98. The molecule has 1 N–H and O–H groups in total. The highest BCUT2D eigenvalue weighted by atomic mass is 35.5.